The third-order valence-electron chi connectivity index (χ3n) is 4.65. The average molecular weight is 409 g/mol. The van der Waals surface area contributed by atoms with Crippen molar-refractivity contribution in [1.82, 2.24) is 5.32 Å². The third-order valence-corrected chi connectivity index (χ3v) is 6.04. The quantitative estimate of drug-likeness (QED) is 0.611. The fraction of sp³-hybridized carbons (Fsp3) is 0.174. The molecule has 0 radical (unpaired) electrons. The van der Waals surface area contributed by atoms with Crippen molar-refractivity contribution in [2.75, 3.05) is 11.3 Å². The summed E-state index contributed by atoms with van der Waals surface area (Å²) >= 11 is 0. The van der Waals surface area contributed by atoms with Crippen LogP contribution in [0.15, 0.2) is 83.8 Å². The van der Waals surface area contributed by atoms with Gasteiger partial charge in [-0.1, -0.05) is 61.0 Å². The Bertz CT molecular complexity index is 1080. The molecule has 5 nitrogen and oxygen atoms in total. The lowest BCUT2D eigenvalue weighted by Crippen LogP contribution is -2.27. The van der Waals surface area contributed by atoms with Gasteiger partial charge in [0, 0.05) is 17.8 Å². The number of aryl methyl sites for hydroxylation is 1. The smallest absolute Gasteiger partial charge is 0.261 e. The van der Waals surface area contributed by atoms with Gasteiger partial charge in [-0.15, -0.1) is 0 Å². The molecule has 1 amide bonds. The highest BCUT2D eigenvalue weighted by Crippen LogP contribution is 2.18. The molecule has 0 bridgehead atoms. The van der Waals surface area contributed by atoms with Crippen LogP contribution in [-0.2, 0) is 10.0 Å². The van der Waals surface area contributed by atoms with E-state index in [0.717, 1.165) is 11.1 Å². The van der Waals surface area contributed by atoms with Gasteiger partial charge in [0.1, 0.15) is 0 Å². The summed E-state index contributed by atoms with van der Waals surface area (Å²) in [5.74, 6) is -0.0764. The molecule has 0 aliphatic carbocycles. The lowest BCUT2D eigenvalue weighted by Gasteiger charge is -2.14. The zero-order valence-corrected chi connectivity index (χ0v) is 17.2. The maximum Gasteiger partial charge on any atom is 0.261 e. The Kier molecular flexibility index (Phi) is 6.34. The van der Waals surface area contributed by atoms with Crippen molar-refractivity contribution < 1.29 is 13.2 Å². The van der Waals surface area contributed by atoms with Gasteiger partial charge in [-0.2, -0.15) is 0 Å². The van der Waals surface area contributed by atoms with Gasteiger partial charge in [0.05, 0.1) is 4.90 Å². The first kappa shape index (κ1) is 20.6. The third kappa shape index (κ3) is 5.45. The summed E-state index contributed by atoms with van der Waals surface area (Å²) in [5.41, 5.74) is 2.86. The normalized spacial score (nSPS) is 12.2. The van der Waals surface area contributed by atoms with Crippen molar-refractivity contribution >= 4 is 21.6 Å². The molecule has 150 valence electrons. The van der Waals surface area contributed by atoms with Crippen LogP contribution in [0, 0.1) is 6.92 Å². The Labute approximate surface area is 171 Å². The van der Waals surface area contributed by atoms with Gasteiger partial charge in [0.2, 0.25) is 0 Å². The highest BCUT2D eigenvalue weighted by molar-refractivity contribution is 7.92. The minimum atomic E-state index is -3.72. The van der Waals surface area contributed by atoms with Crippen LogP contribution in [0.3, 0.4) is 0 Å². The number of sulfonamides is 1. The Balaban J connectivity index is 1.67. The van der Waals surface area contributed by atoms with Gasteiger partial charge >= 0.3 is 0 Å². The van der Waals surface area contributed by atoms with Crippen LogP contribution in [0.1, 0.15) is 34.3 Å². The van der Waals surface area contributed by atoms with Crippen LogP contribution < -0.4 is 10.0 Å². The molecule has 29 heavy (non-hydrogen) atoms. The zero-order valence-electron chi connectivity index (χ0n) is 16.4. The highest BCUT2D eigenvalue weighted by Gasteiger charge is 2.15. The molecule has 0 aliphatic heterocycles. The molecule has 1 unspecified atom stereocenters. The SMILES string of the molecule is Cc1ccc(S(=O)(=O)Nc2cccc(C(=O)NCC(C)c3ccccc3)c2)cc1. The van der Waals surface area contributed by atoms with Gasteiger partial charge in [0.25, 0.3) is 15.9 Å². The van der Waals surface area contributed by atoms with Gasteiger partial charge in [-0.3, -0.25) is 9.52 Å². The summed E-state index contributed by atoms with van der Waals surface area (Å²) in [6, 6.07) is 23.0. The minimum absolute atomic E-state index is 0.170. The van der Waals surface area contributed by atoms with Crippen LogP contribution in [0.5, 0.6) is 0 Å². The van der Waals surface area contributed by atoms with E-state index in [4.69, 9.17) is 0 Å². The summed E-state index contributed by atoms with van der Waals surface area (Å²) in [5, 5.41) is 2.91. The second kappa shape index (κ2) is 8.92. The van der Waals surface area contributed by atoms with Gasteiger partial charge in [-0.25, -0.2) is 8.42 Å². The molecule has 0 spiro atoms. The molecular formula is C23H24N2O3S. The van der Waals surface area contributed by atoms with E-state index in [9.17, 15) is 13.2 Å². The van der Waals surface area contributed by atoms with Crippen molar-refractivity contribution in [3.05, 3.63) is 95.6 Å². The fourth-order valence-electron chi connectivity index (χ4n) is 2.90. The molecule has 6 heteroatoms. The number of nitrogens with one attached hydrogen (secondary N) is 2. The number of amides is 1. The molecule has 3 rings (SSSR count). The van der Waals surface area contributed by atoms with E-state index in [2.05, 4.69) is 10.0 Å². The van der Waals surface area contributed by atoms with Crippen molar-refractivity contribution in [3.8, 4) is 0 Å². The van der Waals surface area contributed by atoms with Crippen molar-refractivity contribution in [2.24, 2.45) is 0 Å². The van der Waals surface area contributed by atoms with E-state index < -0.39 is 10.0 Å². The van der Waals surface area contributed by atoms with Gasteiger partial charge < -0.3 is 5.32 Å². The summed E-state index contributed by atoms with van der Waals surface area (Å²) < 4.78 is 27.6. The number of hydrogen-bond acceptors (Lipinski definition) is 3. The van der Waals surface area contributed by atoms with E-state index in [1.165, 1.54) is 6.07 Å². The van der Waals surface area contributed by atoms with Crippen molar-refractivity contribution in [3.63, 3.8) is 0 Å². The van der Waals surface area contributed by atoms with Crippen LogP contribution in [0.25, 0.3) is 0 Å². The first-order valence-electron chi connectivity index (χ1n) is 9.38. The second-order valence-corrected chi connectivity index (χ2v) is 8.70. The highest BCUT2D eigenvalue weighted by atomic mass is 32.2. The Morgan fingerprint density at radius 1 is 0.931 bits per heavy atom. The molecule has 0 saturated heterocycles. The molecule has 2 N–H and O–H groups in total. The van der Waals surface area contributed by atoms with E-state index in [-0.39, 0.29) is 16.7 Å². The predicted octanol–water partition coefficient (Wildman–Crippen LogP) is 4.33. The molecular weight excluding hydrogens is 384 g/mol. The van der Waals surface area contributed by atoms with E-state index in [0.29, 0.717) is 17.8 Å². The van der Waals surface area contributed by atoms with Crippen molar-refractivity contribution in [1.29, 1.82) is 0 Å². The molecule has 3 aromatic carbocycles. The Hall–Kier alpha value is -3.12. The summed E-state index contributed by atoms with van der Waals surface area (Å²) in [6.07, 6.45) is 0. The Morgan fingerprint density at radius 2 is 1.62 bits per heavy atom. The van der Waals surface area contributed by atoms with E-state index >= 15 is 0 Å². The van der Waals surface area contributed by atoms with Crippen molar-refractivity contribution in [2.45, 2.75) is 24.7 Å². The molecule has 0 heterocycles. The maximum absolute atomic E-state index is 12.6. The zero-order chi connectivity index (χ0) is 20.9. The van der Waals surface area contributed by atoms with E-state index in [1.54, 1.807) is 42.5 Å². The second-order valence-electron chi connectivity index (χ2n) is 7.02. The first-order valence-corrected chi connectivity index (χ1v) is 10.9. The van der Waals surface area contributed by atoms with Gasteiger partial charge in [0.15, 0.2) is 0 Å². The van der Waals surface area contributed by atoms with Crippen LogP contribution in [-0.4, -0.2) is 20.9 Å². The maximum atomic E-state index is 12.6. The first-order chi connectivity index (χ1) is 13.8. The largest absolute Gasteiger partial charge is 0.351 e. The molecule has 0 aliphatic rings. The summed E-state index contributed by atoms with van der Waals surface area (Å²) in [4.78, 5) is 12.7. The summed E-state index contributed by atoms with van der Waals surface area (Å²) in [7, 11) is -3.72. The van der Waals surface area contributed by atoms with Crippen LogP contribution >= 0.6 is 0 Å². The molecule has 0 fully saturated rings. The predicted molar refractivity (Wildman–Crippen MR) is 116 cm³/mol. The molecule has 0 saturated carbocycles. The average Bonchev–Trinajstić information content (AvgIpc) is 2.72. The lowest BCUT2D eigenvalue weighted by atomic mass is 10.0. The van der Waals surface area contributed by atoms with Crippen LogP contribution in [0.4, 0.5) is 5.69 Å². The topological polar surface area (TPSA) is 75.3 Å². The van der Waals surface area contributed by atoms with Crippen LogP contribution in [0.2, 0.25) is 0 Å². The lowest BCUT2D eigenvalue weighted by molar-refractivity contribution is 0.0951. The number of rotatable bonds is 7. The molecule has 0 aromatic heterocycles. The molecule has 1 atom stereocenters. The van der Waals surface area contributed by atoms with E-state index in [1.807, 2.05) is 44.2 Å². The standard InChI is InChI=1S/C23H24N2O3S/c1-17-11-13-22(14-12-17)29(27,28)25-21-10-6-9-20(15-21)23(26)24-16-18(2)19-7-4-3-5-8-19/h3-15,18,25H,16H2,1-2H3,(H,24,26). The summed E-state index contributed by atoms with van der Waals surface area (Å²) in [6.45, 7) is 4.43. The van der Waals surface area contributed by atoms with Gasteiger partial charge in [-0.05, 0) is 48.7 Å². The number of carbonyl (C=O) groups excluding carboxylic acids is 1. The monoisotopic (exact) mass is 408 g/mol. The number of anilines is 1. The number of hydrogen-bond donors (Lipinski definition) is 2. The fourth-order valence-corrected chi connectivity index (χ4v) is 3.95. The number of carbonyl (C=O) groups is 1. The molecule has 3 aromatic rings. The number of benzene rings is 3. The minimum Gasteiger partial charge on any atom is -0.351 e. The Morgan fingerprint density at radius 3 is 2.31 bits per heavy atom.